The van der Waals surface area contributed by atoms with E-state index in [4.69, 9.17) is 10.8 Å². The number of aliphatic carboxylic acids is 2. The summed E-state index contributed by atoms with van der Waals surface area (Å²) in [7, 11) is 0. The summed E-state index contributed by atoms with van der Waals surface area (Å²) in [5.74, 6) is -4.52. The molecule has 17 heteroatoms. The molecule has 0 saturated carbocycles. The van der Waals surface area contributed by atoms with Crippen molar-refractivity contribution in [2.75, 3.05) is 18.6 Å². The van der Waals surface area contributed by atoms with E-state index in [1.54, 1.807) is 12.1 Å². The number of carboxylic acids is 2. The van der Waals surface area contributed by atoms with Gasteiger partial charge in [0, 0.05) is 37.7 Å². The quantitative estimate of drug-likeness (QED) is 0.0983. The molecule has 0 bridgehead atoms. The van der Waals surface area contributed by atoms with Gasteiger partial charge in [0.1, 0.15) is 29.9 Å². The minimum absolute atomic E-state index is 0.00341. The monoisotopic (exact) mass is 675 g/mol. The summed E-state index contributed by atoms with van der Waals surface area (Å²) in [5, 5.41) is 36.1. The molecular weight excluding hydrogens is 634 g/mol. The topological polar surface area (TPSA) is 257 Å². The van der Waals surface area contributed by atoms with E-state index in [0.717, 1.165) is 0 Å². The molecule has 2 heterocycles. The number of nitrogens with one attached hydrogen (secondary N) is 4. The van der Waals surface area contributed by atoms with E-state index in [0.29, 0.717) is 23.4 Å². The van der Waals surface area contributed by atoms with Crippen molar-refractivity contribution < 1.29 is 44.1 Å². The van der Waals surface area contributed by atoms with Gasteiger partial charge in [-0.05, 0) is 55.4 Å². The van der Waals surface area contributed by atoms with Crippen LogP contribution in [0.3, 0.4) is 0 Å². The predicted molar refractivity (Wildman–Crippen MR) is 170 cm³/mol. The van der Waals surface area contributed by atoms with Gasteiger partial charge in [-0.15, -0.1) is 0 Å². The number of thioether (sulfide) groups is 1. The Kier molecular flexibility index (Phi) is 14.0. The maximum absolute atomic E-state index is 13.9. The minimum atomic E-state index is -1.28. The van der Waals surface area contributed by atoms with Gasteiger partial charge in [0.25, 0.3) is 0 Å². The number of amides is 4. The molecule has 5 atom stereocenters. The Morgan fingerprint density at radius 1 is 1.00 bits per heavy atom. The maximum Gasteiger partial charge on any atom is 0.326 e. The first-order chi connectivity index (χ1) is 22.4. The average Bonchev–Trinajstić information content (AvgIpc) is 3.74. The van der Waals surface area contributed by atoms with E-state index in [2.05, 4.69) is 25.9 Å². The van der Waals surface area contributed by atoms with E-state index in [1.165, 1.54) is 41.3 Å². The molecule has 1 aliphatic heterocycles. The molecular formula is C30H41N7O9S. The smallest absolute Gasteiger partial charge is 0.326 e. The highest BCUT2D eigenvalue weighted by molar-refractivity contribution is 7.98. The third-order valence-corrected chi connectivity index (χ3v) is 8.32. The predicted octanol–water partition coefficient (Wildman–Crippen LogP) is -0.624. The van der Waals surface area contributed by atoms with Crippen molar-refractivity contribution in [3.05, 3.63) is 48.0 Å². The number of imidazole rings is 1. The van der Waals surface area contributed by atoms with Gasteiger partial charge in [-0.3, -0.25) is 24.0 Å². The van der Waals surface area contributed by atoms with Gasteiger partial charge in [-0.2, -0.15) is 11.8 Å². The van der Waals surface area contributed by atoms with E-state index in [9.17, 15) is 39.0 Å². The van der Waals surface area contributed by atoms with Gasteiger partial charge in [-0.25, -0.2) is 9.78 Å². The molecule has 1 saturated heterocycles. The first-order valence-corrected chi connectivity index (χ1v) is 16.4. The van der Waals surface area contributed by atoms with E-state index in [-0.39, 0.29) is 50.8 Å². The Morgan fingerprint density at radius 2 is 1.70 bits per heavy atom. The van der Waals surface area contributed by atoms with Gasteiger partial charge >= 0.3 is 11.9 Å². The number of H-pyrrole nitrogens is 1. The summed E-state index contributed by atoms with van der Waals surface area (Å²) >= 11 is 1.44. The third kappa shape index (κ3) is 11.3. The number of carbonyl (C=O) groups excluding carboxylic acids is 4. The van der Waals surface area contributed by atoms with Crippen LogP contribution in [-0.2, 0) is 41.6 Å². The summed E-state index contributed by atoms with van der Waals surface area (Å²) in [4.78, 5) is 84.5. The lowest BCUT2D eigenvalue weighted by Gasteiger charge is -2.30. The second kappa shape index (κ2) is 17.9. The minimum Gasteiger partial charge on any atom is -0.508 e. The van der Waals surface area contributed by atoms with Gasteiger partial charge in [0.15, 0.2) is 0 Å². The highest BCUT2D eigenvalue weighted by Gasteiger charge is 2.39. The number of rotatable bonds is 18. The molecule has 2 aromatic rings. The summed E-state index contributed by atoms with van der Waals surface area (Å²) in [6, 6.07) is 0.275. The molecule has 1 aliphatic rings. The summed E-state index contributed by atoms with van der Waals surface area (Å²) in [6.07, 6.45) is 5.05. The largest absolute Gasteiger partial charge is 0.508 e. The van der Waals surface area contributed by atoms with Crippen LogP contribution in [-0.4, -0.2) is 115 Å². The standard InChI is InChI=1S/C30H41N7O9S/c1-47-12-10-21(27(42)36-23(30(45)46)14-18-15-32-16-33-18)34-28(43)24-3-2-11-37(24)29(44)22(13-17-4-6-19(38)7-5-17)35-26(41)20(31)8-9-25(39)40/h4-7,15-16,20-24,38H,2-3,8-14,31H2,1H3,(H,32,33)(H,34,43)(H,35,41)(H,36,42)(H,39,40)(H,45,46)/t20-,21-,22-,23-,24-/m0/s1. The molecule has 1 aromatic carbocycles. The number of phenols is 1. The first kappa shape index (κ1) is 36.8. The lowest BCUT2D eigenvalue weighted by Crippen LogP contribution is -2.58. The molecule has 0 spiro atoms. The van der Waals surface area contributed by atoms with E-state index in [1.807, 2.05) is 6.26 Å². The summed E-state index contributed by atoms with van der Waals surface area (Å²) in [5.41, 5.74) is 6.99. The van der Waals surface area contributed by atoms with Crippen molar-refractivity contribution in [2.45, 2.75) is 75.2 Å². The van der Waals surface area contributed by atoms with Crippen LogP contribution in [0.2, 0.25) is 0 Å². The second-order valence-corrected chi connectivity index (χ2v) is 12.2. The fourth-order valence-electron chi connectivity index (χ4n) is 5.12. The van der Waals surface area contributed by atoms with Crippen LogP contribution < -0.4 is 21.7 Å². The number of aromatic amines is 1. The molecule has 0 radical (unpaired) electrons. The maximum atomic E-state index is 13.9. The van der Waals surface area contributed by atoms with Crippen LogP contribution >= 0.6 is 11.8 Å². The van der Waals surface area contributed by atoms with Gasteiger partial charge in [0.2, 0.25) is 23.6 Å². The number of hydrogen-bond donors (Lipinski definition) is 8. The van der Waals surface area contributed by atoms with Crippen molar-refractivity contribution in [3.8, 4) is 5.75 Å². The van der Waals surface area contributed by atoms with Crippen molar-refractivity contribution in [2.24, 2.45) is 5.73 Å². The molecule has 0 unspecified atom stereocenters. The normalized spacial score (nSPS) is 16.8. The lowest BCUT2D eigenvalue weighted by molar-refractivity contribution is -0.143. The van der Waals surface area contributed by atoms with Crippen molar-refractivity contribution in [1.82, 2.24) is 30.8 Å². The molecule has 3 rings (SSSR count). The lowest BCUT2D eigenvalue weighted by atomic mass is 10.0. The molecule has 47 heavy (non-hydrogen) atoms. The zero-order valence-corrected chi connectivity index (χ0v) is 26.7. The number of carboxylic acid groups (broad SMARTS) is 2. The van der Waals surface area contributed by atoms with Crippen LogP contribution in [0, 0.1) is 0 Å². The van der Waals surface area contributed by atoms with Crippen LogP contribution in [0.15, 0.2) is 36.8 Å². The molecule has 4 amide bonds. The first-order valence-electron chi connectivity index (χ1n) is 15.1. The van der Waals surface area contributed by atoms with E-state index >= 15 is 0 Å². The molecule has 9 N–H and O–H groups in total. The number of aromatic nitrogens is 2. The Balaban J connectivity index is 1.76. The van der Waals surface area contributed by atoms with Crippen LogP contribution in [0.25, 0.3) is 0 Å². The van der Waals surface area contributed by atoms with Crippen LogP contribution in [0.1, 0.15) is 43.4 Å². The average molecular weight is 676 g/mol. The van der Waals surface area contributed by atoms with Gasteiger partial charge < -0.3 is 46.9 Å². The molecule has 1 aromatic heterocycles. The van der Waals surface area contributed by atoms with Crippen molar-refractivity contribution in [1.29, 1.82) is 0 Å². The summed E-state index contributed by atoms with van der Waals surface area (Å²) in [6.45, 7) is 0.191. The number of phenolic OH excluding ortho intramolecular Hbond substituents is 1. The zero-order chi connectivity index (χ0) is 34.5. The van der Waals surface area contributed by atoms with E-state index < -0.39 is 65.8 Å². The number of hydrogen-bond acceptors (Lipinski definition) is 10. The van der Waals surface area contributed by atoms with Crippen molar-refractivity contribution >= 4 is 47.3 Å². The molecule has 256 valence electrons. The number of likely N-dealkylation sites (tertiary alicyclic amines) is 1. The molecule has 1 fully saturated rings. The number of carbonyl (C=O) groups is 6. The number of benzene rings is 1. The summed E-state index contributed by atoms with van der Waals surface area (Å²) < 4.78 is 0. The van der Waals surface area contributed by atoms with Crippen LogP contribution in [0.4, 0.5) is 0 Å². The fourth-order valence-corrected chi connectivity index (χ4v) is 5.59. The third-order valence-electron chi connectivity index (χ3n) is 7.67. The Hall–Kier alpha value is -4.64. The van der Waals surface area contributed by atoms with Crippen molar-refractivity contribution in [3.63, 3.8) is 0 Å². The zero-order valence-electron chi connectivity index (χ0n) is 25.9. The SMILES string of the molecule is CSCC[C@H](NC(=O)[C@@H]1CCCN1C(=O)[C@H](Cc1ccc(O)cc1)NC(=O)[C@@H](N)CCC(=O)O)C(=O)N[C@@H](Cc1cnc[nH]1)C(=O)O. The Morgan fingerprint density at radius 3 is 2.32 bits per heavy atom. The second-order valence-electron chi connectivity index (χ2n) is 11.2. The Labute approximate surface area is 275 Å². The Bertz CT molecular complexity index is 1390. The highest BCUT2D eigenvalue weighted by Crippen LogP contribution is 2.21. The van der Waals surface area contributed by atoms with Crippen LogP contribution in [0.5, 0.6) is 5.75 Å². The number of nitrogens with two attached hydrogens (primary N) is 1. The number of aromatic hydroxyl groups is 1. The van der Waals surface area contributed by atoms with Gasteiger partial charge in [-0.1, -0.05) is 12.1 Å². The highest BCUT2D eigenvalue weighted by atomic mass is 32.2. The number of nitrogens with zero attached hydrogens (tertiary/aromatic N) is 2. The van der Waals surface area contributed by atoms with Gasteiger partial charge in [0.05, 0.1) is 12.4 Å². The molecule has 16 nitrogen and oxygen atoms in total. The molecule has 0 aliphatic carbocycles. The fraction of sp³-hybridized carbons (Fsp3) is 0.500.